The van der Waals surface area contributed by atoms with Crippen molar-refractivity contribution in [3.63, 3.8) is 0 Å². The number of aliphatic imine (C=N–C) groups is 1. The molecule has 1 heterocycles. The first-order valence-electron chi connectivity index (χ1n) is 5.93. The lowest BCUT2D eigenvalue weighted by atomic mass is 10.2. The van der Waals surface area contributed by atoms with Crippen molar-refractivity contribution < 1.29 is 14.2 Å². The molecule has 0 aliphatic carbocycles. The Morgan fingerprint density at radius 1 is 1.05 bits per heavy atom. The van der Waals surface area contributed by atoms with Crippen LogP contribution in [0.4, 0.5) is 5.69 Å². The maximum Gasteiger partial charge on any atom is 0.231 e. The van der Waals surface area contributed by atoms with E-state index >= 15 is 0 Å². The van der Waals surface area contributed by atoms with Crippen LogP contribution in [0.1, 0.15) is 5.56 Å². The smallest absolute Gasteiger partial charge is 0.231 e. The minimum Gasteiger partial charge on any atom is -0.497 e. The standard InChI is InChI=1S/C15H13NO3/c1-17-13-5-3-12(4-6-13)16-9-11-2-7-14-15(8-11)19-10-18-14/h2-9H,10H2,1H3/b16-9+. The van der Waals surface area contributed by atoms with E-state index in [-0.39, 0.29) is 6.79 Å². The maximum atomic E-state index is 5.32. The van der Waals surface area contributed by atoms with Gasteiger partial charge in [0.25, 0.3) is 0 Å². The molecule has 0 unspecified atom stereocenters. The summed E-state index contributed by atoms with van der Waals surface area (Å²) in [6.07, 6.45) is 1.80. The predicted octanol–water partition coefficient (Wildman–Crippen LogP) is 3.17. The molecule has 0 saturated carbocycles. The fraction of sp³-hybridized carbons (Fsp3) is 0.133. The highest BCUT2D eigenvalue weighted by Crippen LogP contribution is 2.32. The van der Waals surface area contributed by atoms with Crippen molar-refractivity contribution in [2.24, 2.45) is 4.99 Å². The van der Waals surface area contributed by atoms with E-state index in [2.05, 4.69) is 4.99 Å². The highest BCUT2D eigenvalue weighted by molar-refractivity contribution is 5.83. The molecule has 2 aromatic rings. The third kappa shape index (κ3) is 2.52. The zero-order valence-electron chi connectivity index (χ0n) is 10.5. The zero-order chi connectivity index (χ0) is 13.1. The summed E-state index contributed by atoms with van der Waals surface area (Å²) in [5.41, 5.74) is 1.85. The lowest BCUT2D eigenvalue weighted by molar-refractivity contribution is 0.174. The van der Waals surface area contributed by atoms with Crippen LogP contribution in [0.3, 0.4) is 0 Å². The number of methoxy groups -OCH3 is 1. The van der Waals surface area contributed by atoms with Gasteiger partial charge in [0, 0.05) is 6.21 Å². The molecule has 0 radical (unpaired) electrons. The van der Waals surface area contributed by atoms with Crippen LogP contribution in [0.2, 0.25) is 0 Å². The summed E-state index contributed by atoms with van der Waals surface area (Å²) in [5.74, 6) is 2.36. The van der Waals surface area contributed by atoms with Gasteiger partial charge in [-0.3, -0.25) is 4.99 Å². The molecule has 0 aromatic heterocycles. The highest BCUT2D eigenvalue weighted by atomic mass is 16.7. The summed E-state index contributed by atoms with van der Waals surface area (Å²) in [6, 6.07) is 13.3. The average molecular weight is 255 g/mol. The maximum absolute atomic E-state index is 5.32. The molecule has 96 valence electrons. The molecule has 0 amide bonds. The Kier molecular flexibility index (Phi) is 3.06. The molecule has 3 rings (SSSR count). The second kappa shape index (κ2) is 5.02. The summed E-state index contributed by atoms with van der Waals surface area (Å²) in [4.78, 5) is 4.40. The SMILES string of the molecule is COc1ccc(/N=C/c2ccc3c(c2)OCO3)cc1. The van der Waals surface area contributed by atoms with Gasteiger partial charge in [-0.15, -0.1) is 0 Å². The van der Waals surface area contributed by atoms with Crippen LogP contribution >= 0.6 is 0 Å². The summed E-state index contributed by atoms with van der Waals surface area (Å²) in [6.45, 7) is 0.286. The van der Waals surface area contributed by atoms with E-state index in [0.29, 0.717) is 0 Å². The molecule has 0 bridgehead atoms. The first-order chi connectivity index (χ1) is 9.35. The van der Waals surface area contributed by atoms with Gasteiger partial charge >= 0.3 is 0 Å². The van der Waals surface area contributed by atoms with Crippen LogP contribution in [0, 0.1) is 0 Å². The van der Waals surface area contributed by atoms with Crippen LogP contribution in [0.25, 0.3) is 0 Å². The third-order valence-corrected chi connectivity index (χ3v) is 2.83. The van der Waals surface area contributed by atoms with E-state index in [4.69, 9.17) is 14.2 Å². The van der Waals surface area contributed by atoms with Gasteiger partial charge in [0.15, 0.2) is 11.5 Å². The number of nitrogens with zero attached hydrogens (tertiary/aromatic N) is 1. The molecule has 2 aromatic carbocycles. The van der Waals surface area contributed by atoms with Gasteiger partial charge in [0.05, 0.1) is 12.8 Å². The topological polar surface area (TPSA) is 40.0 Å². The lowest BCUT2D eigenvalue weighted by Crippen LogP contribution is -1.92. The van der Waals surface area contributed by atoms with Gasteiger partial charge in [-0.1, -0.05) is 0 Å². The Labute approximate surface area is 111 Å². The molecular formula is C15H13NO3. The molecule has 1 aliphatic heterocycles. The Morgan fingerprint density at radius 2 is 1.84 bits per heavy atom. The van der Waals surface area contributed by atoms with Gasteiger partial charge in [-0.25, -0.2) is 0 Å². The molecule has 0 N–H and O–H groups in total. The first-order valence-corrected chi connectivity index (χ1v) is 5.93. The fourth-order valence-corrected chi connectivity index (χ4v) is 1.81. The molecule has 0 fully saturated rings. The fourth-order valence-electron chi connectivity index (χ4n) is 1.81. The number of hydrogen-bond acceptors (Lipinski definition) is 4. The second-order valence-corrected chi connectivity index (χ2v) is 4.07. The van der Waals surface area contributed by atoms with E-state index in [1.54, 1.807) is 13.3 Å². The Hall–Kier alpha value is -2.49. The molecule has 1 aliphatic rings. The number of ether oxygens (including phenoxy) is 3. The summed E-state index contributed by atoms with van der Waals surface area (Å²) >= 11 is 0. The van der Waals surface area contributed by atoms with E-state index < -0.39 is 0 Å². The van der Waals surface area contributed by atoms with Gasteiger partial charge in [0.1, 0.15) is 5.75 Å². The number of benzene rings is 2. The molecular weight excluding hydrogens is 242 g/mol. The molecule has 0 saturated heterocycles. The van der Waals surface area contributed by atoms with Gasteiger partial charge < -0.3 is 14.2 Å². The summed E-state index contributed by atoms with van der Waals surface area (Å²) < 4.78 is 15.7. The largest absolute Gasteiger partial charge is 0.497 e. The quantitative estimate of drug-likeness (QED) is 0.791. The molecule has 19 heavy (non-hydrogen) atoms. The van der Waals surface area contributed by atoms with Crippen LogP contribution in [0.5, 0.6) is 17.2 Å². The molecule has 4 heteroatoms. The van der Waals surface area contributed by atoms with Crippen LogP contribution in [-0.2, 0) is 0 Å². The third-order valence-electron chi connectivity index (χ3n) is 2.83. The van der Waals surface area contributed by atoms with E-state index in [1.807, 2.05) is 42.5 Å². The van der Waals surface area contributed by atoms with Crippen molar-refractivity contribution in [3.8, 4) is 17.2 Å². The molecule has 0 atom stereocenters. The van der Waals surface area contributed by atoms with E-state index in [0.717, 1.165) is 28.5 Å². The van der Waals surface area contributed by atoms with Crippen molar-refractivity contribution in [2.45, 2.75) is 0 Å². The monoisotopic (exact) mass is 255 g/mol. The number of rotatable bonds is 3. The Bertz CT molecular complexity index is 605. The number of fused-ring (bicyclic) bond motifs is 1. The molecule has 4 nitrogen and oxygen atoms in total. The van der Waals surface area contributed by atoms with Crippen molar-refractivity contribution in [2.75, 3.05) is 13.9 Å². The second-order valence-electron chi connectivity index (χ2n) is 4.07. The zero-order valence-corrected chi connectivity index (χ0v) is 10.5. The minimum atomic E-state index is 0.286. The van der Waals surface area contributed by atoms with Crippen molar-refractivity contribution in [1.82, 2.24) is 0 Å². The number of hydrogen-bond donors (Lipinski definition) is 0. The average Bonchev–Trinajstić information content (AvgIpc) is 2.93. The highest BCUT2D eigenvalue weighted by Gasteiger charge is 2.12. The van der Waals surface area contributed by atoms with Crippen molar-refractivity contribution in [1.29, 1.82) is 0 Å². The van der Waals surface area contributed by atoms with Gasteiger partial charge in [-0.2, -0.15) is 0 Å². The van der Waals surface area contributed by atoms with Crippen LogP contribution in [-0.4, -0.2) is 20.1 Å². The van der Waals surface area contributed by atoms with Crippen LogP contribution in [0.15, 0.2) is 47.5 Å². The summed E-state index contributed by atoms with van der Waals surface area (Å²) in [5, 5.41) is 0. The lowest BCUT2D eigenvalue weighted by Gasteiger charge is -1.99. The van der Waals surface area contributed by atoms with Crippen LogP contribution < -0.4 is 14.2 Å². The normalized spacial score (nSPS) is 12.9. The van der Waals surface area contributed by atoms with E-state index in [1.165, 1.54) is 0 Å². The Balaban J connectivity index is 1.78. The van der Waals surface area contributed by atoms with E-state index in [9.17, 15) is 0 Å². The van der Waals surface area contributed by atoms with Crippen molar-refractivity contribution >= 4 is 11.9 Å². The summed E-state index contributed by atoms with van der Waals surface area (Å²) in [7, 11) is 1.64. The first kappa shape index (κ1) is 11.6. The van der Waals surface area contributed by atoms with Gasteiger partial charge in [-0.05, 0) is 48.0 Å². The predicted molar refractivity (Wildman–Crippen MR) is 72.8 cm³/mol. The minimum absolute atomic E-state index is 0.286. The van der Waals surface area contributed by atoms with Gasteiger partial charge in [0.2, 0.25) is 6.79 Å². The molecule has 0 spiro atoms. The van der Waals surface area contributed by atoms with Crippen molar-refractivity contribution in [3.05, 3.63) is 48.0 Å². The Morgan fingerprint density at radius 3 is 2.63 bits per heavy atom.